The van der Waals surface area contributed by atoms with Crippen LogP contribution in [0.1, 0.15) is 5.01 Å². The van der Waals surface area contributed by atoms with E-state index in [0.29, 0.717) is 17.9 Å². The number of hydrogen-bond donors (Lipinski definition) is 3. The Kier molecular flexibility index (Phi) is 4.03. The lowest BCUT2D eigenvalue weighted by molar-refractivity contribution is 0.588. The van der Waals surface area contributed by atoms with Gasteiger partial charge in [0, 0.05) is 11.6 Å². The number of aromatic nitrogens is 1. The van der Waals surface area contributed by atoms with E-state index in [2.05, 4.69) is 15.0 Å². The monoisotopic (exact) mass is 298 g/mol. The Morgan fingerprint density at radius 2 is 2.21 bits per heavy atom. The molecule has 0 aliphatic carbocycles. The number of nitrogen functional groups attached to an aromatic ring is 1. The highest BCUT2D eigenvalue weighted by atomic mass is 32.2. The summed E-state index contributed by atoms with van der Waals surface area (Å²) in [5.41, 5.74) is 6.89. The van der Waals surface area contributed by atoms with Crippen LogP contribution in [0.2, 0.25) is 0 Å². The minimum Gasteiger partial charge on any atom is -0.397 e. The van der Waals surface area contributed by atoms with Crippen molar-refractivity contribution >= 4 is 32.7 Å². The molecule has 0 bridgehead atoms. The van der Waals surface area contributed by atoms with Crippen molar-refractivity contribution in [3.63, 3.8) is 0 Å². The highest BCUT2D eigenvalue weighted by molar-refractivity contribution is 7.89. The zero-order chi connectivity index (χ0) is 13.9. The van der Waals surface area contributed by atoms with Gasteiger partial charge in [0.2, 0.25) is 10.0 Å². The van der Waals surface area contributed by atoms with Gasteiger partial charge in [0.1, 0.15) is 5.01 Å². The van der Waals surface area contributed by atoms with Crippen LogP contribution >= 0.6 is 11.3 Å². The molecule has 4 N–H and O–H groups in total. The number of nitrogens with one attached hydrogen (secondary N) is 2. The van der Waals surface area contributed by atoms with Gasteiger partial charge in [-0.25, -0.2) is 18.1 Å². The lowest BCUT2D eigenvalue weighted by Crippen LogP contribution is -2.18. The van der Waals surface area contributed by atoms with Gasteiger partial charge >= 0.3 is 0 Å². The Hall–Kier alpha value is -1.64. The third-order valence-corrected chi connectivity index (χ3v) is 4.71. The molecule has 6 nitrogen and oxygen atoms in total. The smallest absolute Gasteiger partial charge is 0.240 e. The first-order valence-corrected chi connectivity index (χ1v) is 7.84. The summed E-state index contributed by atoms with van der Waals surface area (Å²) in [6.07, 6.45) is 1.72. The predicted octanol–water partition coefficient (Wildman–Crippen LogP) is 1.25. The summed E-state index contributed by atoms with van der Waals surface area (Å²) in [6, 6.07) is 4.54. The Balaban J connectivity index is 2.22. The Morgan fingerprint density at radius 1 is 1.42 bits per heavy atom. The van der Waals surface area contributed by atoms with E-state index in [1.165, 1.54) is 30.5 Å². The Labute approximate surface area is 115 Å². The third-order valence-electron chi connectivity index (χ3n) is 2.52. The van der Waals surface area contributed by atoms with Crippen molar-refractivity contribution in [1.82, 2.24) is 9.71 Å². The summed E-state index contributed by atoms with van der Waals surface area (Å²) >= 11 is 1.52. The van der Waals surface area contributed by atoms with Crippen LogP contribution in [0.4, 0.5) is 11.4 Å². The van der Waals surface area contributed by atoms with Crippen LogP contribution in [-0.4, -0.2) is 20.4 Å². The number of sulfonamides is 1. The van der Waals surface area contributed by atoms with Crippen LogP contribution in [0.3, 0.4) is 0 Å². The minimum absolute atomic E-state index is 0.172. The fourth-order valence-corrected chi connectivity index (χ4v) is 2.80. The van der Waals surface area contributed by atoms with Gasteiger partial charge in [-0.3, -0.25) is 0 Å². The summed E-state index contributed by atoms with van der Waals surface area (Å²) in [4.78, 5) is 4.31. The van der Waals surface area contributed by atoms with E-state index in [4.69, 9.17) is 5.73 Å². The van der Waals surface area contributed by atoms with Gasteiger partial charge in [0.15, 0.2) is 0 Å². The molecule has 0 saturated carbocycles. The topological polar surface area (TPSA) is 97.1 Å². The summed E-state index contributed by atoms with van der Waals surface area (Å²) in [6.45, 7) is 0.505. The lowest BCUT2D eigenvalue weighted by Gasteiger charge is -2.10. The maximum Gasteiger partial charge on any atom is 0.240 e. The van der Waals surface area contributed by atoms with Gasteiger partial charge in [-0.15, -0.1) is 11.3 Å². The molecule has 0 saturated heterocycles. The van der Waals surface area contributed by atoms with Gasteiger partial charge in [-0.1, -0.05) is 0 Å². The summed E-state index contributed by atoms with van der Waals surface area (Å²) in [5, 5.41) is 5.86. The number of hydrogen-bond acceptors (Lipinski definition) is 6. The molecule has 0 atom stereocenters. The largest absolute Gasteiger partial charge is 0.397 e. The number of thiazole rings is 1. The van der Waals surface area contributed by atoms with Gasteiger partial charge in [0.25, 0.3) is 0 Å². The molecular weight excluding hydrogens is 284 g/mol. The lowest BCUT2D eigenvalue weighted by atomic mass is 10.2. The second kappa shape index (κ2) is 5.55. The molecule has 0 fully saturated rings. The maximum absolute atomic E-state index is 11.7. The van der Waals surface area contributed by atoms with Crippen molar-refractivity contribution in [2.24, 2.45) is 0 Å². The van der Waals surface area contributed by atoms with Crippen LogP contribution in [0, 0.1) is 0 Å². The first-order valence-electron chi connectivity index (χ1n) is 5.48. The Morgan fingerprint density at radius 3 is 2.84 bits per heavy atom. The maximum atomic E-state index is 11.7. The van der Waals surface area contributed by atoms with E-state index in [1.807, 2.05) is 5.38 Å². The number of nitrogens with two attached hydrogens (primary N) is 1. The first kappa shape index (κ1) is 13.8. The van der Waals surface area contributed by atoms with E-state index < -0.39 is 10.0 Å². The fraction of sp³-hybridized carbons (Fsp3) is 0.182. The van der Waals surface area contributed by atoms with Crippen molar-refractivity contribution in [3.05, 3.63) is 34.8 Å². The van der Waals surface area contributed by atoms with Crippen molar-refractivity contribution in [1.29, 1.82) is 0 Å². The highest BCUT2D eigenvalue weighted by Crippen LogP contribution is 2.23. The van der Waals surface area contributed by atoms with Crippen molar-refractivity contribution in [2.45, 2.75) is 11.4 Å². The number of nitrogens with zero attached hydrogens (tertiary/aromatic N) is 1. The van der Waals surface area contributed by atoms with Crippen LogP contribution in [0.25, 0.3) is 0 Å². The van der Waals surface area contributed by atoms with Gasteiger partial charge in [-0.2, -0.15) is 0 Å². The third kappa shape index (κ3) is 3.22. The number of anilines is 2. The molecule has 0 aliphatic heterocycles. The SMILES string of the molecule is CNS(=O)(=O)c1ccc(N)c(NCc2nccs2)c1. The second-order valence-electron chi connectivity index (χ2n) is 3.74. The van der Waals surface area contributed by atoms with Gasteiger partial charge in [0.05, 0.1) is 22.8 Å². The molecule has 2 aromatic rings. The molecule has 1 heterocycles. The van der Waals surface area contributed by atoms with E-state index >= 15 is 0 Å². The molecular formula is C11H14N4O2S2. The van der Waals surface area contributed by atoms with E-state index in [1.54, 1.807) is 12.3 Å². The van der Waals surface area contributed by atoms with Crippen LogP contribution < -0.4 is 15.8 Å². The van der Waals surface area contributed by atoms with Crippen LogP contribution in [0.5, 0.6) is 0 Å². The number of rotatable bonds is 5. The normalized spacial score (nSPS) is 11.4. The molecule has 102 valence electrons. The molecule has 8 heteroatoms. The number of benzene rings is 1. The summed E-state index contributed by atoms with van der Waals surface area (Å²) in [7, 11) is -2.10. The molecule has 2 rings (SSSR count). The molecule has 0 aliphatic rings. The van der Waals surface area contributed by atoms with E-state index in [9.17, 15) is 8.42 Å². The van der Waals surface area contributed by atoms with E-state index in [0.717, 1.165) is 5.01 Å². The quantitative estimate of drug-likeness (QED) is 0.722. The van der Waals surface area contributed by atoms with Gasteiger partial charge in [-0.05, 0) is 25.2 Å². The summed E-state index contributed by atoms with van der Waals surface area (Å²) < 4.78 is 25.7. The summed E-state index contributed by atoms with van der Waals surface area (Å²) in [5.74, 6) is 0. The molecule has 0 amide bonds. The Bertz CT molecular complexity index is 653. The molecule has 19 heavy (non-hydrogen) atoms. The van der Waals surface area contributed by atoms with Crippen molar-refractivity contribution < 1.29 is 8.42 Å². The molecule has 1 aromatic heterocycles. The van der Waals surface area contributed by atoms with E-state index in [-0.39, 0.29) is 4.90 Å². The van der Waals surface area contributed by atoms with Crippen molar-refractivity contribution in [3.8, 4) is 0 Å². The zero-order valence-electron chi connectivity index (χ0n) is 10.3. The average molecular weight is 298 g/mol. The molecule has 1 aromatic carbocycles. The highest BCUT2D eigenvalue weighted by Gasteiger charge is 2.13. The first-order chi connectivity index (χ1) is 9.03. The molecule has 0 spiro atoms. The molecule has 0 unspecified atom stereocenters. The van der Waals surface area contributed by atoms with Crippen LogP contribution in [0.15, 0.2) is 34.7 Å². The average Bonchev–Trinajstić information content (AvgIpc) is 2.90. The predicted molar refractivity (Wildman–Crippen MR) is 76.5 cm³/mol. The standard InChI is InChI=1S/C11H14N4O2S2/c1-13-19(16,17)8-2-3-9(12)10(6-8)15-7-11-14-4-5-18-11/h2-6,13,15H,7,12H2,1H3. The fourth-order valence-electron chi connectivity index (χ4n) is 1.48. The van der Waals surface area contributed by atoms with Crippen LogP contribution in [-0.2, 0) is 16.6 Å². The zero-order valence-corrected chi connectivity index (χ0v) is 11.9. The second-order valence-corrected chi connectivity index (χ2v) is 6.60. The van der Waals surface area contributed by atoms with Gasteiger partial charge < -0.3 is 11.1 Å². The minimum atomic E-state index is -3.47. The molecule has 0 radical (unpaired) electrons. The van der Waals surface area contributed by atoms with Crippen molar-refractivity contribution in [2.75, 3.05) is 18.1 Å².